The van der Waals surface area contributed by atoms with E-state index in [-0.39, 0.29) is 5.97 Å². The zero-order chi connectivity index (χ0) is 14.5. The standard InChI is InChI=1S/C16H16ClNO2/c1-11-7-3-6-10-14(11)18-15(16(19)20-2)12-8-4-5-9-13(12)17/h3-10,15,18H,1-2H3. The Labute approximate surface area is 123 Å². The van der Waals surface area contributed by atoms with Gasteiger partial charge in [-0.05, 0) is 24.6 Å². The maximum absolute atomic E-state index is 12.0. The van der Waals surface area contributed by atoms with Gasteiger partial charge < -0.3 is 10.1 Å². The molecule has 0 aliphatic heterocycles. The van der Waals surface area contributed by atoms with Gasteiger partial charge in [-0.15, -0.1) is 0 Å². The second kappa shape index (κ2) is 6.44. The van der Waals surface area contributed by atoms with Crippen molar-refractivity contribution in [2.75, 3.05) is 12.4 Å². The SMILES string of the molecule is COC(=O)C(Nc1ccccc1C)c1ccccc1Cl. The van der Waals surface area contributed by atoms with Gasteiger partial charge in [-0.3, -0.25) is 0 Å². The molecular weight excluding hydrogens is 274 g/mol. The number of para-hydroxylation sites is 1. The molecule has 1 atom stereocenters. The lowest BCUT2D eigenvalue weighted by Gasteiger charge is -2.20. The number of hydrogen-bond acceptors (Lipinski definition) is 3. The van der Waals surface area contributed by atoms with Gasteiger partial charge in [-0.25, -0.2) is 4.79 Å². The number of hydrogen-bond donors (Lipinski definition) is 1. The van der Waals surface area contributed by atoms with Crippen molar-refractivity contribution in [3.8, 4) is 0 Å². The van der Waals surface area contributed by atoms with Gasteiger partial charge in [0.25, 0.3) is 0 Å². The Hall–Kier alpha value is -2.00. The molecule has 1 unspecified atom stereocenters. The minimum atomic E-state index is -0.630. The number of carbonyl (C=O) groups excluding carboxylic acids is 1. The first-order valence-corrected chi connectivity index (χ1v) is 6.65. The maximum Gasteiger partial charge on any atom is 0.333 e. The third kappa shape index (κ3) is 3.11. The normalized spacial score (nSPS) is 11.8. The van der Waals surface area contributed by atoms with Gasteiger partial charge in [-0.1, -0.05) is 48.0 Å². The third-order valence-electron chi connectivity index (χ3n) is 3.10. The molecule has 0 amide bonds. The monoisotopic (exact) mass is 289 g/mol. The van der Waals surface area contributed by atoms with Crippen LogP contribution in [0.2, 0.25) is 5.02 Å². The van der Waals surface area contributed by atoms with E-state index in [9.17, 15) is 4.79 Å². The van der Waals surface area contributed by atoms with Gasteiger partial charge in [0.1, 0.15) is 0 Å². The first-order chi connectivity index (χ1) is 9.63. The van der Waals surface area contributed by atoms with Crippen LogP contribution < -0.4 is 5.32 Å². The molecule has 3 nitrogen and oxygen atoms in total. The third-order valence-corrected chi connectivity index (χ3v) is 3.44. The topological polar surface area (TPSA) is 38.3 Å². The predicted octanol–water partition coefficient (Wildman–Crippen LogP) is 3.97. The van der Waals surface area contributed by atoms with Crippen LogP contribution in [0.3, 0.4) is 0 Å². The van der Waals surface area contributed by atoms with Gasteiger partial charge in [0.2, 0.25) is 0 Å². The number of esters is 1. The molecule has 1 N–H and O–H groups in total. The lowest BCUT2D eigenvalue weighted by Crippen LogP contribution is -2.23. The second-order valence-electron chi connectivity index (χ2n) is 4.44. The number of rotatable bonds is 4. The van der Waals surface area contributed by atoms with E-state index in [1.165, 1.54) is 7.11 Å². The van der Waals surface area contributed by atoms with Crippen LogP contribution >= 0.6 is 11.6 Å². The van der Waals surface area contributed by atoms with Crippen LogP contribution in [0.1, 0.15) is 17.2 Å². The first-order valence-electron chi connectivity index (χ1n) is 6.28. The van der Waals surface area contributed by atoms with Crippen molar-refractivity contribution in [3.05, 3.63) is 64.7 Å². The van der Waals surface area contributed by atoms with Crippen LogP contribution in [-0.4, -0.2) is 13.1 Å². The zero-order valence-electron chi connectivity index (χ0n) is 11.4. The molecular formula is C16H16ClNO2. The number of ether oxygens (including phenoxy) is 1. The van der Waals surface area contributed by atoms with Crippen LogP contribution in [0.25, 0.3) is 0 Å². The minimum Gasteiger partial charge on any atom is -0.467 e. The maximum atomic E-state index is 12.0. The molecule has 0 saturated heterocycles. The molecule has 104 valence electrons. The van der Waals surface area contributed by atoms with E-state index in [1.54, 1.807) is 6.07 Å². The van der Waals surface area contributed by atoms with E-state index in [0.717, 1.165) is 11.3 Å². The highest BCUT2D eigenvalue weighted by molar-refractivity contribution is 6.31. The Balaban J connectivity index is 2.37. The van der Waals surface area contributed by atoms with Gasteiger partial charge in [0.05, 0.1) is 7.11 Å². The summed E-state index contributed by atoms with van der Waals surface area (Å²) in [4.78, 5) is 12.0. The summed E-state index contributed by atoms with van der Waals surface area (Å²) in [6, 6.07) is 14.4. The molecule has 4 heteroatoms. The highest BCUT2D eigenvalue weighted by atomic mass is 35.5. The van der Waals surface area contributed by atoms with Crippen molar-refractivity contribution < 1.29 is 9.53 Å². The summed E-state index contributed by atoms with van der Waals surface area (Å²) in [5.41, 5.74) is 2.63. The minimum absolute atomic E-state index is 0.374. The Morgan fingerprint density at radius 1 is 1.15 bits per heavy atom. The summed E-state index contributed by atoms with van der Waals surface area (Å²) >= 11 is 6.18. The largest absolute Gasteiger partial charge is 0.467 e. The molecule has 0 saturated carbocycles. The van der Waals surface area contributed by atoms with Crippen LogP contribution in [0.4, 0.5) is 5.69 Å². The average Bonchev–Trinajstić information content (AvgIpc) is 2.47. The fraction of sp³-hybridized carbons (Fsp3) is 0.188. The summed E-state index contributed by atoms with van der Waals surface area (Å²) < 4.78 is 4.87. The zero-order valence-corrected chi connectivity index (χ0v) is 12.1. The number of halogens is 1. The fourth-order valence-corrected chi connectivity index (χ4v) is 2.23. The number of aryl methyl sites for hydroxylation is 1. The summed E-state index contributed by atoms with van der Waals surface area (Å²) in [5, 5.41) is 3.73. The highest BCUT2D eigenvalue weighted by Crippen LogP contribution is 2.28. The van der Waals surface area contributed by atoms with Gasteiger partial charge in [0.15, 0.2) is 6.04 Å². The van der Waals surface area contributed by atoms with Gasteiger partial charge in [0, 0.05) is 16.3 Å². The lowest BCUT2D eigenvalue weighted by molar-refractivity contribution is -0.141. The fourth-order valence-electron chi connectivity index (χ4n) is 1.98. The Bertz CT molecular complexity index is 613. The Morgan fingerprint density at radius 3 is 2.45 bits per heavy atom. The smallest absolute Gasteiger partial charge is 0.333 e. The van der Waals surface area contributed by atoms with E-state index in [0.29, 0.717) is 10.6 Å². The van der Waals surface area contributed by atoms with Crippen LogP contribution in [0, 0.1) is 6.92 Å². The van der Waals surface area contributed by atoms with E-state index < -0.39 is 6.04 Å². The van der Waals surface area contributed by atoms with Crippen molar-refractivity contribution in [2.45, 2.75) is 13.0 Å². The van der Waals surface area contributed by atoms with Crippen molar-refractivity contribution in [3.63, 3.8) is 0 Å². The molecule has 0 bridgehead atoms. The summed E-state index contributed by atoms with van der Waals surface area (Å²) in [5.74, 6) is -0.374. The van der Waals surface area contributed by atoms with Gasteiger partial charge in [-0.2, -0.15) is 0 Å². The summed E-state index contributed by atoms with van der Waals surface area (Å²) in [6.07, 6.45) is 0. The molecule has 0 heterocycles. The number of anilines is 1. The molecule has 0 aliphatic rings. The van der Waals surface area contributed by atoms with E-state index in [1.807, 2.05) is 49.4 Å². The number of nitrogens with one attached hydrogen (secondary N) is 1. The van der Waals surface area contributed by atoms with Crippen molar-refractivity contribution in [1.29, 1.82) is 0 Å². The van der Waals surface area contributed by atoms with Crippen molar-refractivity contribution in [1.82, 2.24) is 0 Å². The second-order valence-corrected chi connectivity index (χ2v) is 4.84. The summed E-state index contributed by atoms with van der Waals surface area (Å²) in [6.45, 7) is 1.98. The number of benzene rings is 2. The number of methoxy groups -OCH3 is 1. The highest BCUT2D eigenvalue weighted by Gasteiger charge is 2.23. The predicted molar refractivity (Wildman–Crippen MR) is 81.0 cm³/mol. The molecule has 2 rings (SSSR count). The van der Waals surface area contributed by atoms with Crippen molar-refractivity contribution in [2.24, 2.45) is 0 Å². The number of carbonyl (C=O) groups is 1. The lowest BCUT2D eigenvalue weighted by atomic mass is 10.1. The van der Waals surface area contributed by atoms with Gasteiger partial charge >= 0.3 is 5.97 Å². The Kier molecular flexibility index (Phi) is 4.64. The molecule has 20 heavy (non-hydrogen) atoms. The molecule has 0 aromatic heterocycles. The first kappa shape index (κ1) is 14.4. The molecule has 2 aromatic carbocycles. The van der Waals surface area contributed by atoms with Crippen LogP contribution in [-0.2, 0) is 9.53 Å². The molecule has 2 aromatic rings. The Morgan fingerprint density at radius 2 is 1.80 bits per heavy atom. The average molecular weight is 290 g/mol. The van der Waals surface area contributed by atoms with Crippen LogP contribution in [0.5, 0.6) is 0 Å². The van der Waals surface area contributed by atoms with Crippen LogP contribution in [0.15, 0.2) is 48.5 Å². The molecule has 0 fully saturated rings. The quantitative estimate of drug-likeness (QED) is 0.866. The van der Waals surface area contributed by atoms with Crippen molar-refractivity contribution >= 4 is 23.3 Å². The molecule has 0 radical (unpaired) electrons. The van der Waals surface area contributed by atoms with E-state index in [2.05, 4.69) is 5.32 Å². The van der Waals surface area contributed by atoms with E-state index in [4.69, 9.17) is 16.3 Å². The molecule has 0 spiro atoms. The molecule has 0 aliphatic carbocycles. The summed E-state index contributed by atoms with van der Waals surface area (Å²) in [7, 11) is 1.37. The van der Waals surface area contributed by atoms with E-state index >= 15 is 0 Å².